The van der Waals surface area contributed by atoms with Crippen LogP contribution in [0.15, 0.2) is 18.2 Å². The second-order valence-electron chi connectivity index (χ2n) is 10.6. The average Bonchev–Trinajstić information content (AvgIpc) is 3.14. The summed E-state index contributed by atoms with van der Waals surface area (Å²) < 4.78 is 14.3. The number of anilines is 2. The first kappa shape index (κ1) is 22.5. The average molecular weight is 458 g/mol. The highest BCUT2D eigenvalue weighted by Crippen LogP contribution is 2.56. The van der Waals surface area contributed by atoms with Gasteiger partial charge in [-0.1, -0.05) is 38.2 Å². The number of urea groups is 1. The van der Waals surface area contributed by atoms with E-state index in [2.05, 4.69) is 40.5 Å². The second-order valence-corrected chi connectivity index (χ2v) is 16.0. The van der Waals surface area contributed by atoms with Crippen LogP contribution >= 0.6 is 0 Å². The van der Waals surface area contributed by atoms with Crippen molar-refractivity contribution in [3.8, 4) is 0 Å². The molecule has 0 bridgehead atoms. The molecule has 9 heteroatoms. The van der Waals surface area contributed by atoms with Crippen LogP contribution in [0.2, 0.25) is 24.7 Å². The lowest BCUT2D eigenvalue weighted by Gasteiger charge is -2.48. The highest BCUT2D eigenvalue weighted by atomic mass is 28.3. The molecule has 1 aliphatic heterocycles. The van der Waals surface area contributed by atoms with Crippen LogP contribution in [-0.4, -0.2) is 35.1 Å². The minimum absolute atomic E-state index is 0.0416. The number of hydrogen-bond acceptors (Lipinski definition) is 3. The highest BCUT2D eigenvalue weighted by Gasteiger charge is 2.54. The number of carbonyl (C=O) groups excluding carboxylic acids is 2. The van der Waals surface area contributed by atoms with Crippen molar-refractivity contribution in [2.24, 2.45) is 0 Å². The van der Waals surface area contributed by atoms with Crippen molar-refractivity contribution < 1.29 is 14.0 Å². The lowest BCUT2D eigenvalue weighted by molar-refractivity contribution is -0.121. The predicted molar refractivity (Wildman–Crippen MR) is 126 cm³/mol. The van der Waals surface area contributed by atoms with Gasteiger partial charge in [0.2, 0.25) is 5.91 Å². The number of aromatic amines is 1. The van der Waals surface area contributed by atoms with Gasteiger partial charge in [0.25, 0.3) is 0 Å². The summed E-state index contributed by atoms with van der Waals surface area (Å²) in [6.45, 7) is 12.6. The van der Waals surface area contributed by atoms with Crippen molar-refractivity contribution in [2.75, 3.05) is 10.6 Å². The van der Waals surface area contributed by atoms with Gasteiger partial charge in [-0.25, -0.2) is 9.18 Å². The maximum Gasteiger partial charge on any atom is 0.323 e. The molecule has 2 heterocycles. The number of nitrogens with one attached hydrogen (secondary N) is 3. The maximum absolute atomic E-state index is 14.3. The van der Waals surface area contributed by atoms with E-state index in [0.29, 0.717) is 11.4 Å². The van der Waals surface area contributed by atoms with E-state index in [0.717, 1.165) is 30.5 Å². The van der Waals surface area contributed by atoms with Crippen molar-refractivity contribution in [2.45, 2.75) is 76.8 Å². The van der Waals surface area contributed by atoms with E-state index >= 15 is 0 Å². The van der Waals surface area contributed by atoms with Crippen molar-refractivity contribution in [3.63, 3.8) is 0 Å². The molecule has 1 fully saturated rings. The smallest absolute Gasteiger partial charge is 0.309 e. The van der Waals surface area contributed by atoms with Crippen LogP contribution in [0.5, 0.6) is 0 Å². The second kappa shape index (κ2) is 7.43. The molecule has 3 N–H and O–H groups in total. The zero-order chi connectivity index (χ0) is 23.5. The quantitative estimate of drug-likeness (QED) is 0.541. The van der Waals surface area contributed by atoms with Gasteiger partial charge in [-0.2, -0.15) is 5.10 Å². The summed E-state index contributed by atoms with van der Waals surface area (Å²) in [5, 5.41) is 12.9. The molecular formula is C23H32FN5O2Si. The number of H-pyrrole nitrogens is 1. The van der Waals surface area contributed by atoms with Gasteiger partial charge in [0.05, 0.1) is 31.5 Å². The third-order valence-electron chi connectivity index (χ3n) is 7.48. The molecule has 1 aromatic carbocycles. The molecule has 2 aromatic rings. The minimum atomic E-state index is -1.72. The van der Waals surface area contributed by atoms with Crippen molar-refractivity contribution in [3.05, 3.63) is 40.8 Å². The minimum Gasteiger partial charge on any atom is -0.309 e. The van der Waals surface area contributed by atoms with Crippen molar-refractivity contribution >= 4 is 31.5 Å². The van der Waals surface area contributed by atoms with Gasteiger partial charge in [-0.05, 0) is 45.2 Å². The van der Waals surface area contributed by atoms with Gasteiger partial charge in [0.1, 0.15) is 5.82 Å². The van der Waals surface area contributed by atoms with Crippen LogP contribution in [0.25, 0.3) is 0 Å². The largest absolute Gasteiger partial charge is 0.323 e. The number of fused-ring (bicyclic) bond motifs is 1. The fourth-order valence-corrected chi connectivity index (χ4v) is 7.58. The lowest BCUT2D eigenvalue weighted by Crippen LogP contribution is -2.52. The first-order chi connectivity index (χ1) is 14.9. The number of carbonyl (C=O) groups is 2. The fraction of sp³-hybridized carbons (Fsp3) is 0.522. The summed E-state index contributed by atoms with van der Waals surface area (Å²) in [7, 11) is -1.72. The molecule has 0 atom stereocenters. The highest BCUT2D eigenvalue weighted by molar-refractivity contribution is 6.83. The molecular weight excluding hydrogens is 425 g/mol. The number of amides is 3. The topological polar surface area (TPSA) is 90.1 Å². The summed E-state index contributed by atoms with van der Waals surface area (Å²) in [6.07, 6.45) is 2.92. The van der Waals surface area contributed by atoms with Crippen LogP contribution in [0.3, 0.4) is 0 Å². The Balaban J connectivity index is 1.56. The fourth-order valence-electron chi connectivity index (χ4n) is 4.98. The number of rotatable bonds is 4. The Hall–Kier alpha value is -2.68. The third-order valence-corrected chi connectivity index (χ3v) is 11.1. The van der Waals surface area contributed by atoms with Gasteiger partial charge >= 0.3 is 6.03 Å². The molecule has 32 heavy (non-hydrogen) atoms. The van der Waals surface area contributed by atoms with E-state index in [1.54, 1.807) is 24.0 Å². The lowest BCUT2D eigenvalue weighted by atomic mass is 9.83. The van der Waals surface area contributed by atoms with E-state index in [4.69, 9.17) is 0 Å². The van der Waals surface area contributed by atoms with Gasteiger partial charge in [-0.15, -0.1) is 0 Å². The molecule has 0 saturated heterocycles. The van der Waals surface area contributed by atoms with E-state index < -0.39 is 25.5 Å². The molecule has 0 spiro atoms. The van der Waals surface area contributed by atoms with Crippen molar-refractivity contribution in [1.82, 2.24) is 15.1 Å². The summed E-state index contributed by atoms with van der Waals surface area (Å²) in [6, 6.07) is 4.29. The first-order valence-corrected chi connectivity index (χ1v) is 14.6. The van der Waals surface area contributed by atoms with E-state index in [9.17, 15) is 14.0 Å². The number of para-hydroxylation sites is 1. The van der Waals surface area contributed by atoms with Crippen LogP contribution < -0.4 is 10.6 Å². The zero-order valence-electron chi connectivity index (χ0n) is 19.6. The van der Waals surface area contributed by atoms with Crippen molar-refractivity contribution in [1.29, 1.82) is 0 Å². The first-order valence-electron chi connectivity index (χ1n) is 11.1. The van der Waals surface area contributed by atoms with Gasteiger partial charge in [0.15, 0.2) is 5.82 Å². The van der Waals surface area contributed by atoms with E-state index in [-0.39, 0.29) is 23.2 Å². The Morgan fingerprint density at radius 1 is 1.19 bits per heavy atom. The summed E-state index contributed by atoms with van der Waals surface area (Å²) in [5.41, 5.74) is 1.72. The molecule has 1 saturated carbocycles. The number of nitrogens with zero attached hydrogens (tertiary/aromatic N) is 2. The summed E-state index contributed by atoms with van der Waals surface area (Å²) >= 11 is 0. The van der Waals surface area contributed by atoms with Gasteiger partial charge in [-0.3, -0.25) is 9.89 Å². The third kappa shape index (κ3) is 3.34. The van der Waals surface area contributed by atoms with Crippen LogP contribution in [-0.2, 0) is 16.9 Å². The molecule has 0 unspecified atom stereocenters. The number of aromatic nitrogens is 2. The molecule has 3 amide bonds. The Kier molecular flexibility index (Phi) is 5.23. The number of hydrogen-bond donors (Lipinski definition) is 3. The van der Waals surface area contributed by atoms with Gasteiger partial charge in [0, 0.05) is 10.6 Å². The Morgan fingerprint density at radius 2 is 1.88 bits per heavy atom. The molecule has 7 nitrogen and oxygen atoms in total. The van der Waals surface area contributed by atoms with E-state index in [1.807, 2.05) is 13.8 Å². The van der Waals surface area contributed by atoms with E-state index in [1.165, 1.54) is 6.07 Å². The standard InChI is InChI=1S/C23H32FN5O2Si/c1-14-9-7-10-16(24)17(14)25-21(31)29-13-15-18(22(29,2)3)27-28-19(15)26-20(30)23(11-8-12-23)32(4,5)6/h7,9-10H,8,11-13H2,1-6H3,(H,25,31)(H2,26,27,28,30). The number of aryl methyl sites for hydroxylation is 1. The zero-order valence-corrected chi connectivity index (χ0v) is 20.6. The monoisotopic (exact) mass is 457 g/mol. The normalized spacial score (nSPS) is 18.7. The summed E-state index contributed by atoms with van der Waals surface area (Å²) in [4.78, 5) is 28.0. The summed E-state index contributed by atoms with van der Waals surface area (Å²) in [5.74, 6) is 0.0560. The van der Waals surface area contributed by atoms with Gasteiger partial charge < -0.3 is 15.5 Å². The maximum atomic E-state index is 14.3. The predicted octanol–water partition coefficient (Wildman–Crippen LogP) is 5.34. The molecule has 1 aromatic heterocycles. The Labute approximate surface area is 189 Å². The Morgan fingerprint density at radius 3 is 2.44 bits per heavy atom. The SMILES string of the molecule is Cc1cccc(F)c1NC(=O)N1Cc2c(NC(=O)C3([Si](C)(C)C)CCC3)n[nH]c2C1(C)C. The Bertz CT molecular complexity index is 1060. The van der Waals surface area contributed by atoms with Crippen LogP contribution in [0.1, 0.15) is 49.9 Å². The molecule has 4 rings (SSSR count). The molecule has 0 radical (unpaired) electrons. The molecule has 2 aliphatic rings. The number of halogens is 1. The number of benzene rings is 1. The molecule has 1 aliphatic carbocycles. The molecule has 172 valence electrons. The van der Waals surface area contributed by atoms with Crippen LogP contribution in [0, 0.1) is 12.7 Å². The van der Waals surface area contributed by atoms with Crippen LogP contribution in [0.4, 0.5) is 20.7 Å².